The molecule has 0 saturated carbocycles. The minimum Gasteiger partial charge on any atom is -0.495 e. The molecule has 1 aliphatic rings. The zero-order valence-electron chi connectivity index (χ0n) is 10.5. The van der Waals surface area contributed by atoms with E-state index >= 15 is 0 Å². The third-order valence-electron chi connectivity index (χ3n) is 3.21. The van der Waals surface area contributed by atoms with Gasteiger partial charge in [0.05, 0.1) is 12.8 Å². The van der Waals surface area contributed by atoms with Gasteiger partial charge in [-0.1, -0.05) is 0 Å². The van der Waals surface area contributed by atoms with Crippen LogP contribution >= 0.6 is 0 Å². The highest BCUT2D eigenvalue weighted by atomic mass is 16.5. The molecule has 0 aromatic heterocycles. The molecule has 1 atom stereocenters. The molecular weight excluding hydrogens is 230 g/mol. The van der Waals surface area contributed by atoms with E-state index in [0.717, 1.165) is 19.5 Å². The normalized spacial score (nSPS) is 18.6. The summed E-state index contributed by atoms with van der Waals surface area (Å²) < 4.78 is 5.10. The summed E-state index contributed by atoms with van der Waals surface area (Å²) >= 11 is 0. The van der Waals surface area contributed by atoms with Gasteiger partial charge in [-0.05, 0) is 43.6 Å². The largest absolute Gasteiger partial charge is 0.495 e. The van der Waals surface area contributed by atoms with E-state index in [1.165, 1.54) is 7.11 Å². The molecule has 1 aromatic carbocycles. The highest BCUT2D eigenvalue weighted by Crippen LogP contribution is 2.22. The quantitative estimate of drug-likeness (QED) is 0.684. The predicted octanol–water partition coefficient (Wildman–Crippen LogP) is 0.617. The van der Waals surface area contributed by atoms with E-state index in [2.05, 4.69) is 10.6 Å². The number of nitrogens with one attached hydrogen (secondary N) is 2. The zero-order valence-corrected chi connectivity index (χ0v) is 10.5. The highest BCUT2D eigenvalue weighted by molar-refractivity contribution is 5.95. The summed E-state index contributed by atoms with van der Waals surface area (Å²) in [6, 6.07) is 5.06. The van der Waals surface area contributed by atoms with Crippen LogP contribution in [0.4, 0.5) is 5.69 Å². The number of nitrogens with two attached hydrogens (primary N) is 1. The minimum atomic E-state index is -0.0831. The molecule has 18 heavy (non-hydrogen) atoms. The second-order valence-corrected chi connectivity index (χ2v) is 4.53. The fourth-order valence-corrected chi connectivity index (χ4v) is 2.08. The van der Waals surface area contributed by atoms with Gasteiger partial charge in [0.25, 0.3) is 5.91 Å². The van der Waals surface area contributed by atoms with Crippen LogP contribution in [0.25, 0.3) is 0 Å². The van der Waals surface area contributed by atoms with Gasteiger partial charge in [-0.2, -0.15) is 0 Å². The van der Waals surface area contributed by atoms with Crippen molar-refractivity contribution in [3.05, 3.63) is 23.8 Å². The molecule has 1 fully saturated rings. The molecular formula is C13H19N3O2. The van der Waals surface area contributed by atoms with Gasteiger partial charge in [-0.15, -0.1) is 0 Å². The van der Waals surface area contributed by atoms with E-state index in [1.54, 1.807) is 18.2 Å². The Hall–Kier alpha value is -1.75. The summed E-state index contributed by atoms with van der Waals surface area (Å²) in [7, 11) is 1.54. The first-order chi connectivity index (χ1) is 8.70. The van der Waals surface area contributed by atoms with Gasteiger partial charge in [0, 0.05) is 12.1 Å². The molecule has 5 nitrogen and oxygen atoms in total. The number of carbonyl (C=O) groups excluding carboxylic acids is 1. The molecule has 2 rings (SSSR count). The van der Waals surface area contributed by atoms with Gasteiger partial charge in [0.15, 0.2) is 0 Å². The number of rotatable bonds is 4. The summed E-state index contributed by atoms with van der Waals surface area (Å²) in [5, 5.41) is 6.21. The van der Waals surface area contributed by atoms with Gasteiger partial charge in [-0.3, -0.25) is 4.79 Å². The third-order valence-corrected chi connectivity index (χ3v) is 3.21. The molecule has 0 bridgehead atoms. The molecule has 98 valence electrons. The number of nitrogen functional groups attached to an aromatic ring is 1. The van der Waals surface area contributed by atoms with Crippen molar-refractivity contribution < 1.29 is 9.53 Å². The van der Waals surface area contributed by atoms with E-state index in [-0.39, 0.29) is 5.91 Å². The summed E-state index contributed by atoms with van der Waals surface area (Å²) in [6.45, 7) is 2.72. The molecule has 4 N–H and O–H groups in total. The van der Waals surface area contributed by atoms with E-state index in [4.69, 9.17) is 10.5 Å². The predicted molar refractivity (Wildman–Crippen MR) is 70.7 cm³/mol. The molecule has 1 heterocycles. The standard InChI is InChI=1S/C13H19N3O2/c1-18-12-6-10(2-3-11(12)14)13(17)16-8-9-4-5-15-7-9/h2-3,6,9,15H,4-5,7-8,14H2,1H3,(H,16,17). The van der Waals surface area contributed by atoms with Crippen molar-refractivity contribution in [2.75, 3.05) is 32.5 Å². The van der Waals surface area contributed by atoms with Crippen LogP contribution < -0.4 is 21.1 Å². The van der Waals surface area contributed by atoms with Crippen molar-refractivity contribution in [2.24, 2.45) is 5.92 Å². The Morgan fingerprint density at radius 3 is 3.11 bits per heavy atom. The number of hydrogen-bond donors (Lipinski definition) is 3. The van der Waals surface area contributed by atoms with Crippen LogP contribution in [0.15, 0.2) is 18.2 Å². The van der Waals surface area contributed by atoms with Crippen molar-refractivity contribution >= 4 is 11.6 Å². The van der Waals surface area contributed by atoms with Crippen LogP contribution in [-0.2, 0) is 0 Å². The lowest BCUT2D eigenvalue weighted by Crippen LogP contribution is -2.30. The number of methoxy groups -OCH3 is 1. The highest BCUT2D eigenvalue weighted by Gasteiger charge is 2.16. The Balaban J connectivity index is 1.95. The number of amides is 1. The number of anilines is 1. The smallest absolute Gasteiger partial charge is 0.251 e. The number of hydrogen-bond acceptors (Lipinski definition) is 4. The lowest BCUT2D eigenvalue weighted by atomic mass is 10.1. The van der Waals surface area contributed by atoms with E-state index < -0.39 is 0 Å². The fourth-order valence-electron chi connectivity index (χ4n) is 2.08. The molecule has 1 amide bonds. The molecule has 1 aliphatic heterocycles. The molecule has 0 aliphatic carbocycles. The first-order valence-corrected chi connectivity index (χ1v) is 6.13. The second-order valence-electron chi connectivity index (χ2n) is 4.53. The number of ether oxygens (including phenoxy) is 1. The molecule has 0 spiro atoms. The van der Waals surface area contributed by atoms with Crippen LogP contribution in [0.5, 0.6) is 5.75 Å². The van der Waals surface area contributed by atoms with Gasteiger partial charge in [-0.25, -0.2) is 0 Å². The van der Waals surface area contributed by atoms with E-state index in [1.807, 2.05) is 0 Å². The van der Waals surface area contributed by atoms with Crippen LogP contribution in [0.3, 0.4) is 0 Å². The third kappa shape index (κ3) is 2.92. The maximum Gasteiger partial charge on any atom is 0.251 e. The van der Waals surface area contributed by atoms with Crippen molar-refractivity contribution in [1.82, 2.24) is 10.6 Å². The molecule has 1 unspecified atom stereocenters. The van der Waals surface area contributed by atoms with Crippen molar-refractivity contribution in [3.8, 4) is 5.75 Å². The maximum atomic E-state index is 12.0. The van der Waals surface area contributed by atoms with Crippen LogP contribution in [0.1, 0.15) is 16.8 Å². The van der Waals surface area contributed by atoms with E-state index in [9.17, 15) is 4.79 Å². The summed E-state index contributed by atoms with van der Waals surface area (Å²) in [4.78, 5) is 12.0. The van der Waals surface area contributed by atoms with Crippen LogP contribution in [0.2, 0.25) is 0 Å². The van der Waals surface area contributed by atoms with Gasteiger partial charge >= 0.3 is 0 Å². The van der Waals surface area contributed by atoms with Crippen LogP contribution in [-0.4, -0.2) is 32.7 Å². The Morgan fingerprint density at radius 2 is 2.44 bits per heavy atom. The zero-order chi connectivity index (χ0) is 13.0. The molecule has 0 radical (unpaired) electrons. The number of benzene rings is 1. The average molecular weight is 249 g/mol. The van der Waals surface area contributed by atoms with Crippen molar-refractivity contribution in [1.29, 1.82) is 0 Å². The first kappa shape index (κ1) is 12.7. The summed E-state index contributed by atoms with van der Waals surface area (Å²) in [5.41, 5.74) is 6.82. The van der Waals surface area contributed by atoms with Gasteiger partial charge in [0.1, 0.15) is 5.75 Å². The first-order valence-electron chi connectivity index (χ1n) is 6.13. The Labute approximate surface area is 107 Å². The lowest BCUT2D eigenvalue weighted by Gasteiger charge is -2.11. The van der Waals surface area contributed by atoms with Gasteiger partial charge in [0.2, 0.25) is 0 Å². The second kappa shape index (κ2) is 5.73. The summed E-state index contributed by atoms with van der Waals surface area (Å²) in [5.74, 6) is 0.981. The lowest BCUT2D eigenvalue weighted by molar-refractivity contribution is 0.0948. The molecule has 1 aromatic rings. The Kier molecular flexibility index (Phi) is 4.04. The van der Waals surface area contributed by atoms with E-state index in [0.29, 0.717) is 29.5 Å². The topological polar surface area (TPSA) is 76.4 Å². The fraction of sp³-hybridized carbons (Fsp3) is 0.462. The minimum absolute atomic E-state index is 0.0831. The Bertz CT molecular complexity index is 428. The SMILES string of the molecule is COc1cc(C(=O)NCC2CCNC2)ccc1N. The Morgan fingerprint density at radius 1 is 1.61 bits per heavy atom. The average Bonchev–Trinajstić information content (AvgIpc) is 2.89. The maximum absolute atomic E-state index is 12.0. The van der Waals surface area contributed by atoms with Crippen LogP contribution in [0, 0.1) is 5.92 Å². The molecule has 5 heteroatoms. The monoisotopic (exact) mass is 249 g/mol. The molecule has 1 saturated heterocycles. The van der Waals surface area contributed by atoms with Crippen molar-refractivity contribution in [3.63, 3.8) is 0 Å². The number of carbonyl (C=O) groups is 1. The summed E-state index contributed by atoms with van der Waals surface area (Å²) in [6.07, 6.45) is 1.12. The van der Waals surface area contributed by atoms with Crippen molar-refractivity contribution in [2.45, 2.75) is 6.42 Å². The van der Waals surface area contributed by atoms with Gasteiger partial charge < -0.3 is 21.1 Å².